The van der Waals surface area contributed by atoms with Crippen molar-refractivity contribution in [2.45, 2.75) is 6.18 Å². The van der Waals surface area contributed by atoms with Gasteiger partial charge >= 0.3 is 6.18 Å². The first-order valence-corrected chi connectivity index (χ1v) is 6.61. The third-order valence-corrected chi connectivity index (χ3v) is 3.64. The molecule has 1 N–H and O–H groups in total. The molecular formula is C13H7BrF3N3O. The van der Waals surface area contributed by atoms with E-state index in [0.29, 0.717) is 10.1 Å². The molecule has 4 nitrogen and oxygen atoms in total. The van der Waals surface area contributed by atoms with Crippen LogP contribution < -0.4 is 5.56 Å². The van der Waals surface area contributed by atoms with Crippen molar-refractivity contribution in [2.75, 3.05) is 0 Å². The highest BCUT2D eigenvalue weighted by atomic mass is 79.9. The minimum absolute atomic E-state index is 0.0363. The molecule has 0 radical (unpaired) electrons. The standard InChI is InChI=1S/C13H7BrF3N3O/c14-10-11-18-8(7-4-2-1-3-5-7)6-9(13(15,16)17)20(11)19-12(10)21/h1-6H,(H,19,21). The molecule has 0 saturated carbocycles. The molecule has 0 amide bonds. The lowest BCUT2D eigenvalue weighted by molar-refractivity contribution is -0.142. The van der Waals surface area contributed by atoms with E-state index in [-0.39, 0.29) is 15.8 Å². The van der Waals surface area contributed by atoms with Crippen LogP contribution in [0.2, 0.25) is 0 Å². The van der Waals surface area contributed by atoms with Gasteiger partial charge in [-0.15, -0.1) is 0 Å². The van der Waals surface area contributed by atoms with Crippen LogP contribution in [-0.2, 0) is 6.18 Å². The second-order valence-corrected chi connectivity index (χ2v) is 5.10. The van der Waals surface area contributed by atoms with Gasteiger partial charge in [0.05, 0.1) is 5.69 Å². The summed E-state index contributed by atoms with van der Waals surface area (Å²) < 4.78 is 40.1. The van der Waals surface area contributed by atoms with Crippen LogP contribution in [0.5, 0.6) is 0 Å². The molecular weight excluding hydrogens is 351 g/mol. The van der Waals surface area contributed by atoms with E-state index >= 15 is 0 Å². The topological polar surface area (TPSA) is 50.2 Å². The van der Waals surface area contributed by atoms with Crippen LogP contribution in [-0.4, -0.2) is 14.6 Å². The number of aromatic nitrogens is 3. The van der Waals surface area contributed by atoms with Crippen molar-refractivity contribution in [3.8, 4) is 11.3 Å². The van der Waals surface area contributed by atoms with Crippen molar-refractivity contribution in [1.29, 1.82) is 0 Å². The molecule has 8 heteroatoms. The van der Waals surface area contributed by atoms with E-state index in [1.807, 2.05) is 0 Å². The summed E-state index contributed by atoms with van der Waals surface area (Å²) in [5.41, 5.74) is -1.09. The van der Waals surface area contributed by atoms with E-state index in [0.717, 1.165) is 6.07 Å². The number of fused-ring (bicyclic) bond motifs is 1. The number of halogens is 4. The Morgan fingerprint density at radius 1 is 1.19 bits per heavy atom. The molecule has 0 aliphatic carbocycles. The van der Waals surface area contributed by atoms with Crippen LogP contribution >= 0.6 is 15.9 Å². The third kappa shape index (κ3) is 2.35. The summed E-state index contributed by atoms with van der Waals surface area (Å²) in [5.74, 6) is 0. The Morgan fingerprint density at radius 2 is 1.86 bits per heavy atom. The van der Waals surface area contributed by atoms with Crippen molar-refractivity contribution >= 4 is 21.6 Å². The van der Waals surface area contributed by atoms with Crippen molar-refractivity contribution < 1.29 is 13.2 Å². The number of rotatable bonds is 1. The first kappa shape index (κ1) is 13.9. The fraction of sp³-hybridized carbons (Fsp3) is 0.0769. The molecule has 3 rings (SSSR count). The van der Waals surface area contributed by atoms with Crippen LogP contribution in [0.25, 0.3) is 16.9 Å². The molecule has 0 saturated heterocycles. The number of hydrogen-bond donors (Lipinski definition) is 1. The molecule has 0 atom stereocenters. The zero-order chi connectivity index (χ0) is 15.2. The van der Waals surface area contributed by atoms with E-state index in [9.17, 15) is 18.0 Å². The van der Waals surface area contributed by atoms with E-state index in [1.165, 1.54) is 0 Å². The number of hydrogen-bond acceptors (Lipinski definition) is 2. The molecule has 0 aliphatic heterocycles. The highest BCUT2D eigenvalue weighted by Gasteiger charge is 2.35. The Hall–Kier alpha value is -2.09. The lowest BCUT2D eigenvalue weighted by Gasteiger charge is -2.11. The Bertz CT molecular complexity index is 868. The molecule has 21 heavy (non-hydrogen) atoms. The number of alkyl halides is 3. The van der Waals surface area contributed by atoms with Gasteiger partial charge < -0.3 is 0 Å². The predicted molar refractivity (Wildman–Crippen MR) is 74.0 cm³/mol. The lowest BCUT2D eigenvalue weighted by atomic mass is 10.1. The second-order valence-electron chi connectivity index (χ2n) is 4.30. The van der Waals surface area contributed by atoms with E-state index in [1.54, 1.807) is 30.3 Å². The van der Waals surface area contributed by atoms with Gasteiger partial charge in [0.25, 0.3) is 5.56 Å². The minimum atomic E-state index is -4.62. The van der Waals surface area contributed by atoms with Crippen LogP contribution in [0.3, 0.4) is 0 Å². The summed E-state index contributed by atoms with van der Waals surface area (Å²) in [4.78, 5) is 15.7. The molecule has 0 aliphatic rings. The van der Waals surface area contributed by atoms with Crippen molar-refractivity contribution in [1.82, 2.24) is 14.6 Å². The maximum atomic E-state index is 13.2. The van der Waals surface area contributed by atoms with E-state index in [2.05, 4.69) is 26.0 Å². The molecule has 0 spiro atoms. The fourth-order valence-corrected chi connectivity index (χ4v) is 2.34. The van der Waals surface area contributed by atoms with Crippen molar-refractivity contribution in [2.24, 2.45) is 0 Å². The maximum Gasteiger partial charge on any atom is 0.433 e. The van der Waals surface area contributed by atoms with Crippen molar-refractivity contribution in [3.63, 3.8) is 0 Å². The van der Waals surface area contributed by atoms with Crippen LogP contribution in [0, 0.1) is 0 Å². The SMILES string of the molecule is O=c1[nH]n2c(C(F)(F)F)cc(-c3ccccc3)nc2c1Br. The Morgan fingerprint density at radius 3 is 2.48 bits per heavy atom. The summed E-state index contributed by atoms with van der Waals surface area (Å²) in [7, 11) is 0. The lowest BCUT2D eigenvalue weighted by Crippen LogP contribution is -2.14. The third-order valence-electron chi connectivity index (χ3n) is 2.92. The van der Waals surface area contributed by atoms with Crippen LogP contribution in [0.1, 0.15) is 5.69 Å². The summed E-state index contributed by atoms with van der Waals surface area (Å²) >= 11 is 2.96. The highest BCUT2D eigenvalue weighted by molar-refractivity contribution is 9.10. The van der Waals surface area contributed by atoms with Gasteiger partial charge in [0.15, 0.2) is 5.65 Å². The van der Waals surface area contributed by atoms with Gasteiger partial charge in [0.2, 0.25) is 0 Å². The summed E-state index contributed by atoms with van der Waals surface area (Å²) in [6.45, 7) is 0. The Kier molecular flexibility index (Phi) is 3.12. The monoisotopic (exact) mass is 357 g/mol. The maximum absolute atomic E-state index is 13.2. The van der Waals surface area contributed by atoms with Gasteiger partial charge in [-0.05, 0) is 22.0 Å². The molecule has 1 aromatic carbocycles. The van der Waals surface area contributed by atoms with Gasteiger partial charge in [-0.1, -0.05) is 30.3 Å². The first-order chi connectivity index (χ1) is 9.88. The number of nitrogens with zero attached hydrogens (tertiary/aromatic N) is 2. The molecule has 0 bridgehead atoms. The minimum Gasteiger partial charge on any atom is -0.267 e. The van der Waals surface area contributed by atoms with Gasteiger partial charge in [-0.3, -0.25) is 9.89 Å². The smallest absolute Gasteiger partial charge is 0.267 e. The molecule has 2 aromatic heterocycles. The zero-order valence-electron chi connectivity index (χ0n) is 10.3. The summed E-state index contributed by atoms with van der Waals surface area (Å²) in [6.07, 6.45) is -4.62. The molecule has 108 valence electrons. The van der Waals surface area contributed by atoms with Crippen LogP contribution in [0.15, 0.2) is 45.7 Å². The fourth-order valence-electron chi connectivity index (χ4n) is 1.98. The molecule has 0 unspecified atom stereocenters. The highest BCUT2D eigenvalue weighted by Crippen LogP contribution is 2.32. The predicted octanol–water partition coefficient (Wildman–Crippen LogP) is 3.47. The average Bonchev–Trinajstić information content (AvgIpc) is 2.73. The van der Waals surface area contributed by atoms with E-state index in [4.69, 9.17) is 0 Å². The Balaban J connectivity index is 2.39. The Labute approximate surface area is 124 Å². The first-order valence-electron chi connectivity index (χ1n) is 5.82. The number of benzene rings is 1. The number of H-pyrrole nitrogens is 1. The molecule has 3 aromatic rings. The van der Waals surface area contributed by atoms with Gasteiger partial charge in [0, 0.05) is 5.56 Å². The quantitative estimate of drug-likeness (QED) is 0.724. The average molecular weight is 358 g/mol. The largest absolute Gasteiger partial charge is 0.433 e. The zero-order valence-corrected chi connectivity index (χ0v) is 11.9. The number of nitrogens with one attached hydrogen (secondary N) is 1. The van der Waals surface area contributed by atoms with Crippen LogP contribution in [0.4, 0.5) is 13.2 Å². The van der Waals surface area contributed by atoms with Gasteiger partial charge in [-0.25, -0.2) is 9.50 Å². The molecule has 2 heterocycles. The summed E-state index contributed by atoms with van der Waals surface area (Å²) in [6, 6.07) is 9.36. The summed E-state index contributed by atoms with van der Waals surface area (Å²) in [5, 5.41) is 2.11. The second kappa shape index (κ2) is 4.73. The van der Waals surface area contributed by atoms with E-state index < -0.39 is 17.4 Å². The molecule has 0 fully saturated rings. The van der Waals surface area contributed by atoms with Crippen molar-refractivity contribution in [3.05, 3.63) is 56.9 Å². The van der Waals surface area contributed by atoms with Gasteiger partial charge in [0.1, 0.15) is 10.2 Å². The number of aromatic amines is 1. The van der Waals surface area contributed by atoms with Gasteiger partial charge in [-0.2, -0.15) is 13.2 Å². The normalized spacial score (nSPS) is 12.0.